The van der Waals surface area contributed by atoms with Crippen molar-refractivity contribution in [2.45, 2.75) is 18.6 Å². The first-order chi connectivity index (χ1) is 10.2. The van der Waals surface area contributed by atoms with E-state index < -0.39 is 6.09 Å². The van der Waals surface area contributed by atoms with Crippen molar-refractivity contribution in [2.24, 2.45) is 0 Å². The number of thioether (sulfide) groups is 1. The minimum atomic E-state index is -0.442. The third-order valence-corrected chi connectivity index (χ3v) is 4.56. The van der Waals surface area contributed by atoms with E-state index in [9.17, 15) is 4.79 Å². The number of ether oxygens (including phenoxy) is 2. The van der Waals surface area contributed by atoms with E-state index in [1.807, 2.05) is 30.3 Å². The van der Waals surface area contributed by atoms with Crippen LogP contribution in [-0.2, 0) is 16.1 Å². The molecule has 1 fully saturated rings. The van der Waals surface area contributed by atoms with Gasteiger partial charge in [0.2, 0.25) is 0 Å². The van der Waals surface area contributed by atoms with Crippen molar-refractivity contribution in [3.05, 3.63) is 35.9 Å². The molecular formula is C15H21NO4S. The molecule has 1 aliphatic rings. The number of amides is 1. The van der Waals surface area contributed by atoms with E-state index in [1.165, 1.54) is 0 Å². The highest BCUT2D eigenvalue weighted by Gasteiger charge is 2.35. The number of hydrogen-bond donors (Lipinski definition) is 2. The summed E-state index contributed by atoms with van der Waals surface area (Å²) in [4.78, 5) is 11.7. The largest absolute Gasteiger partial charge is 0.445 e. The summed E-state index contributed by atoms with van der Waals surface area (Å²) in [5, 5.41) is 11.6. The number of carbonyl (C=O) groups excluding carboxylic acids is 1. The predicted molar refractivity (Wildman–Crippen MR) is 82.3 cm³/mol. The molecule has 0 saturated carbocycles. The average Bonchev–Trinajstić information content (AvgIpc) is 2.99. The van der Waals surface area contributed by atoms with Crippen LogP contribution in [0.25, 0.3) is 0 Å². The van der Waals surface area contributed by atoms with Crippen LogP contribution in [0.15, 0.2) is 30.3 Å². The van der Waals surface area contributed by atoms with Gasteiger partial charge in [0.15, 0.2) is 0 Å². The second-order valence-electron chi connectivity index (χ2n) is 4.97. The van der Waals surface area contributed by atoms with Crippen molar-refractivity contribution < 1.29 is 19.4 Å². The Kier molecular flexibility index (Phi) is 6.35. The van der Waals surface area contributed by atoms with Gasteiger partial charge < -0.3 is 19.9 Å². The van der Waals surface area contributed by atoms with E-state index in [-0.39, 0.29) is 18.8 Å². The molecule has 1 unspecified atom stereocenters. The second kappa shape index (κ2) is 8.26. The van der Waals surface area contributed by atoms with Gasteiger partial charge in [-0.05, 0) is 17.7 Å². The van der Waals surface area contributed by atoms with Crippen LogP contribution in [0.2, 0.25) is 0 Å². The smallest absolute Gasteiger partial charge is 0.407 e. The molecule has 0 spiro atoms. The number of benzene rings is 1. The highest BCUT2D eigenvalue weighted by molar-refractivity contribution is 7.99. The minimum Gasteiger partial charge on any atom is -0.445 e. The zero-order chi connectivity index (χ0) is 15.0. The first-order valence-corrected chi connectivity index (χ1v) is 8.17. The third-order valence-electron chi connectivity index (χ3n) is 3.33. The topological polar surface area (TPSA) is 67.8 Å². The highest BCUT2D eigenvalue weighted by atomic mass is 32.2. The zero-order valence-electron chi connectivity index (χ0n) is 11.9. The van der Waals surface area contributed by atoms with Crippen LogP contribution in [-0.4, -0.2) is 48.1 Å². The first-order valence-electron chi connectivity index (χ1n) is 7.01. The lowest BCUT2D eigenvalue weighted by molar-refractivity contribution is -0.0386. The Morgan fingerprint density at radius 1 is 1.38 bits per heavy atom. The molecule has 116 valence electrons. The van der Waals surface area contributed by atoms with Gasteiger partial charge in [-0.25, -0.2) is 4.79 Å². The maximum atomic E-state index is 11.7. The van der Waals surface area contributed by atoms with Crippen molar-refractivity contribution in [3.8, 4) is 0 Å². The maximum Gasteiger partial charge on any atom is 0.407 e. The summed E-state index contributed by atoms with van der Waals surface area (Å²) in [7, 11) is 0. The molecule has 1 aromatic rings. The molecule has 5 nitrogen and oxygen atoms in total. The lowest BCUT2D eigenvalue weighted by Gasteiger charge is -2.28. The van der Waals surface area contributed by atoms with Gasteiger partial charge >= 0.3 is 6.09 Å². The summed E-state index contributed by atoms with van der Waals surface area (Å²) >= 11 is 1.79. The highest BCUT2D eigenvalue weighted by Crippen LogP contribution is 2.30. The SMILES string of the molecule is O=C(NCC1(OCCO)CCSC1)OCc1ccccc1. The van der Waals surface area contributed by atoms with Crippen LogP contribution in [0.3, 0.4) is 0 Å². The fourth-order valence-electron chi connectivity index (χ4n) is 2.16. The molecule has 1 aliphatic heterocycles. The van der Waals surface area contributed by atoms with E-state index in [1.54, 1.807) is 11.8 Å². The maximum absolute atomic E-state index is 11.7. The standard InChI is InChI=1S/C15H21NO4S/c17-7-8-20-15(6-9-21-12-15)11-16-14(18)19-10-13-4-2-1-3-5-13/h1-5,17H,6-12H2,(H,16,18). The van der Waals surface area contributed by atoms with Gasteiger partial charge in [0.1, 0.15) is 6.61 Å². The van der Waals surface area contributed by atoms with Crippen LogP contribution in [0, 0.1) is 0 Å². The summed E-state index contributed by atoms with van der Waals surface area (Å²) < 4.78 is 10.9. The number of carbonyl (C=O) groups is 1. The van der Waals surface area contributed by atoms with Crippen molar-refractivity contribution in [2.75, 3.05) is 31.3 Å². The van der Waals surface area contributed by atoms with E-state index in [0.717, 1.165) is 23.5 Å². The Morgan fingerprint density at radius 2 is 2.19 bits per heavy atom. The normalized spacial score (nSPS) is 21.2. The molecule has 2 rings (SSSR count). The van der Waals surface area contributed by atoms with Crippen molar-refractivity contribution in [1.82, 2.24) is 5.32 Å². The molecule has 21 heavy (non-hydrogen) atoms. The zero-order valence-corrected chi connectivity index (χ0v) is 12.7. The Labute approximate surface area is 129 Å². The van der Waals surface area contributed by atoms with Crippen molar-refractivity contribution >= 4 is 17.9 Å². The van der Waals surface area contributed by atoms with Gasteiger partial charge in [0.05, 0.1) is 25.4 Å². The average molecular weight is 311 g/mol. The number of aliphatic hydroxyl groups is 1. The number of nitrogens with one attached hydrogen (secondary N) is 1. The lowest BCUT2D eigenvalue weighted by Crippen LogP contribution is -2.45. The molecule has 6 heteroatoms. The van der Waals surface area contributed by atoms with E-state index in [4.69, 9.17) is 14.6 Å². The summed E-state index contributed by atoms with van der Waals surface area (Å²) in [6.45, 7) is 0.950. The van der Waals surface area contributed by atoms with Gasteiger partial charge in [-0.2, -0.15) is 11.8 Å². The fraction of sp³-hybridized carbons (Fsp3) is 0.533. The Balaban J connectivity index is 1.74. The third kappa shape index (κ3) is 5.22. The molecule has 1 heterocycles. The van der Waals surface area contributed by atoms with Gasteiger partial charge in [0, 0.05) is 5.75 Å². The minimum absolute atomic E-state index is 0.00906. The Bertz CT molecular complexity index is 435. The molecule has 1 saturated heterocycles. The van der Waals surface area contributed by atoms with Crippen LogP contribution < -0.4 is 5.32 Å². The summed E-state index contributed by atoms with van der Waals surface area (Å²) in [6.07, 6.45) is 0.430. The van der Waals surface area contributed by atoms with E-state index in [2.05, 4.69) is 5.32 Å². The van der Waals surface area contributed by atoms with Crippen LogP contribution in [0.1, 0.15) is 12.0 Å². The molecule has 2 N–H and O–H groups in total. The Hall–Kier alpha value is -1.24. The lowest BCUT2D eigenvalue weighted by atomic mass is 10.0. The molecule has 1 atom stereocenters. The number of rotatable bonds is 7. The predicted octanol–water partition coefficient (Wildman–Crippen LogP) is 1.80. The van der Waals surface area contributed by atoms with E-state index >= 15 is 0 Å². The van der Waals surface area contributed by atoms with Crippen LogP contribution in [0.5, 0.6) is 0 Å². The van der Waals surface area contributed by atoms with Crippen LogP contribution >= 0.6 is 11.8 Å². The van der Waals surface area contributed by atoms with Gasteiger partial charge in [-0.15, -0.1) is 0 Å². The molecule has 0 aromatic heterocycles. The molecule has 1 amide bonds. The number of alkyl carbamates (subject to hydrolysis) is 1. The summed E-state index contributed by atoms with van der Waals surface area (Å²) in [5.74, 6) is 1.83. The fourth-order valence-corrected chi connectivity index (χ4v) is 3.52. The summed E-state index contributed by atoms with van der Waals surface area (Å²) in [6, 6.07) is 9.55. The molecule has 0 aliphatic carbocycles. The van der Waals surface area contributed by atoms with Gasteiger partial charge in [-0.1, -0.05) is 30.3 Å². The molecule has 0 bridgehead atoms. The Morgan fingerprint density at radius 3 is 2.86 bits per heavy atom. The van der Waals surface area contributed by atoms with Crippen molar-refractivity contribution in [1.29, 1.82) is 0 Å². The molecule has 1 aromatic carbocycles. The quantitative estimate of drug-likeness (QED) is 0.803. The number of hydrogen-bond acceptors (Lipinski definition) is 5. The van der Waals surface area contributed by atoms with E-state index in [0.29, 0.717) is 13.2 Å². The summed E-state index contributed by atoms with van der Waals surface area (Å²) in [5.41, 5.74) is 0.578. The van der Waals surface area contributed by atoms with Gasteiger partial charge in [0.25, 0.3) is 0 Å². The monoisotopic (exact) mass is 311 g/mol. The number of aliphatic hydroxyl groups excluding tert-OH is 1. The van der Waals surface area contributed by atoms with Crippen molar-refractivity contribution in [3.63, 3.8) is 0 Å². The first kappa shape index (κ1) is 16.1. The van der Waals surface area contributed by atoms with Gasteiger partial charge in [-0.3, -0.25) is 0 Å². The second-order valence-corrected chi connectivity index (χ2v) is 6.08. The molecular weight excluding hydrogens is 290 g/mol. The van der Waals surface area contributed by atoms with Crippen LogP contribution in [0.4, 0.5) is 4.79 Å². The molecule has 0 radical (unpaired) electrons.